The molecule has 0 atom stereocenters. The largest absolute Gasteiger partial charge is 0.396 e. The number of nitrogens with two attached hydrogens (primary N) is 1. The summed E-state index contributed by atoms with van der Waals surface area (Å²) in [5.41, 5.74) is 8.75. The predicted molar refractivity (Wildman–Crippen MR) is 74.4 cm³/mol. The van der Waals surface area contributed by atoms with Gasteiger partial charge >= 0.3 is 0 Å². The van der Waals surface area contributed by atoms with E-state index >= 15 is 0 Å². The zero-order chi connectivity index (χ0) is 14.0. The first-order valence-electron chi connectivity index (χ1n) is 5.91. The van der Waals surface area contributed by atoms with Gasteiger partial charge in [-0.15, -0.1) is 0 Å². The van der Waals surface area contributed by atoms with Gasteiger partial charge in [0, 0.05) is 12.6 Å². The average molecular weight is 258 g/mol. The van der Waals surface area contributed by atoms with Crippen LogP contribution in [-0.4, -0.2) is 13.0 Å². The van der Waals surface area contributed by atoms with Crippen LogP contribution in [0.2, 0.25) is 0 Å². The van der Waals surface area contributed by atoms with E-state index in [2.05, 4.69) is 5.32 Å². The zero-order valence-corrected chi connectivity index (χ0v) is 10.8. The van der Waals surface area contributed by atoms with Gasteiger partial charge in [0.2, 0.25) is 0 Å². The van der Waals surface area contributed by atoms with Crippen molar-refractivity contribution < 1.29 is 9.18 Å². The van der Waals surface area contributed by atoms with Crippen LogP contribution in [0.5, 0.6) is 0 Å². The summed E-state index contributed by atoms with van der Waals surface area (Å²) in [5, 5.41) is 2.55. The van der Waals surface area contributed by atoms with Crippen LogP contribution in [0.15, 0.2) is 36.4 Å². The molecule has 0 fully saturated rings. The summed E-state index contributed by atoms with van der Waals surface area (Å²) in [6.07, 6.45) is 0. The molecule has 0 aliphatic carbocycles. The van der Waals surface area contributed by atoms with Crippen LogP contribution in [0.4, 0.5) is 10.1 Å². The minimum atomic E-state index is -0.434. The molecule has 0 heterocycles. The lowest BCUT2D eigenvalue weighted by Crippen LogP contribution is -2.17. The molecule has 3 N–H and O–H groups in total. The first-order valence-corrected chi connectivity index (χ1v) is 5.91. The van der Waals surface area contributed by atoms with Gasteiger partial charge in [0.05, 0.1) is 5.69 Å². The first-order chi connectivity index (χ1) is 9.02. The minimum absolute atomic E-state index is 0.142. The maximum absolute atomic E-state index is 13.5. The molecule has 98 valence electrons. The lowest BCUT2D eigenvalue weighted by Gasteiger charge is -2.09. The monoisotopic (exact) mass is 258 g/mol. The van der Waals surface area contributed by atoms with E-state index in [1.165, 1.54) is 6.07 Å². The summed E-state index contributed by atoms with van der Waals surface area (Å²) >= 11 is 0. The second-order valence-corrected chi connectivity index (χ2v) is 4.35. The number of anilines is 1. The fraction of sp³-hybridized carbons (Fsp3) is 0.133. The van der Waals surface area contributed by atoms with E-state index < -0.39 is 5.82 Å². The van der Waals surface area contributed by atoms with Crippen molar-refractivity contribution in [3.63, 3.8) is 0 Å². The van der Waals surface area contributed by atoms with E-state index in [1.807, 2.05) is 6.92 Å². The van der Waals surface area contributed by atoms with Crippen molar-refractivity contribution in [3.8, 4) is 11.1 Å². The summed E-state index contributed by atoms with van der Waals surface area (Å²) < 4.78 is 13.5. The Labute approximate surface area is 111 Å². The quantitative estimate of drug-likeness (QED) is 0.814. The molecule has 0 aliphatic rings. The van der Waals surface area contributed by atoms with E-state index in [0.29, 0.717) is 5.56 Å². The summed E-state index contributed by atoms with van der Waals surface area (Å²) in [5.74, 6) is -0.581. The first kappa shape index (κ1) is 13.1. The van der Waals surface area contributed by atoms with Crippen molar-refractivity contribution in [3.05, 3.63) is 53.3 Å². The van der Waals surface area contributed by atoms with Gasteiger partial charge in [-0.3, -0.25) is 4.79 Å². The van der Waals surface area contributed by atoms with Crippen LogP contribution in [0.1, 0.15) is 15.9 Å². The number of nitrogen functional groups attached to an aromatic ring is 1. The summed E-state index contributed by atoms with van der Waals surface area (Å²) in [7, 11) is 1.58. The van der Waals surface area contributed by atoms with Crippen LogP contribution in [-0.2, 0) is 0 Å². The third-order valence-electron chi connectivity index (χ3n) is 3.03. The SMILES string of the molecule is CNC(=O)c1ccc(-c2cc(F)c(N)cc2C)cc1. The van der Waals surface area contributed by atoms with Gasteiger partial charge < -0.3 is 11.1 Å². The van der Waals surface area contributed by atoms with Gasteiger partial charge in [0.25, 0.3) is 5.91 Å². The molecule has 0 aromatic heterocycles. The molecule has 0 aliphatic heterocycles. The van der Waals surface area contributed by atoms with Gasteiger partial charge in [-0.25, -0.2) is 4.39 Å². The number of halogens is 1. The molecular formula is C15H15FN2O. The maximum atomic E-state index is 13.5. The third-order valence-corrected chi connectivity index (χ3v) is 3.03. The average Bonchev–Trinajstić information content (AvgIpc) is 2.42. The highest BCUT2D eigenvalue weighted by Gasteiger charge is 2.08. The molecule has 2 aromatic rings. The van der Waals surface area contributed by atoms with Gasteiger partial charge in [-0.2, -0.15) is 0 Å². The molecule has 0 radical (unpaired) electrons. The Morgan fingerprint density at radius 1 is 1.21 bits per heavy atom. The van der Waals surface area contributed by atoms with Crippen LogP contribution < -0.4 is 11.1 Å². The standard InChI is InChI=1S/C15H15FN2O/c1-9-7-14(17)13(16)8-12(9)10-3-5-11(6-4-10)15(19)18-2/h3-8H,17H2,1-2H3,(H,18,19). The Hall–Kier alpha value is -2.36. The lowest BCUT2D eigenvalue weighted by atomic mass is 9.98. The second kappa shape index (κ2) is 5.10. The summed E-state index contributed by atoms with van der Waals surface area (Å²) in [4.78, 5) is 11.4. The number of amides is 1. The number of carbonyl (C=O) groups excluding carboxylic acids is 1. The highest BCUT2D eigenvalue weighted by molar-refractivity contribution is 5.94. The molecule has 0 saturated heterocycles. The van der Waals surface area contributed by atoms with Crippen LogP contribution >= 0.6 is 0 Å². The molecule has 4 heteroatoms. The van der Waals surface area contributed by atoms with E-state index in [4.69, 9.17) is 5.73 Å². The van der Waals surface area contributed by atoms with Gasteiger partial charge in [-0.05, 0) is 47.9 Å². The Bertz CT molecular complexity index is 621. The molecular weight excluding hydrogens is 243 g/mol. The number of rotatable bonds is 2. The number of nitrogens with one attached hydrogen (secondary N) is 1. The van der Waals surface area contributed by atoms with E-state index in [9.17, 15) is 9.18 Å². The number of aryl methyl sites for hydroxylation is 1. The molecule has 0 spiro atoms. The fourth-order valence-electron chi connectivity index (χ4n) is 1.96. The number of hydrogen-bond acceptors (Lipinski definition) is 2. The molecule has 3 nitrogen and oxygen atoms in total. The summed E-state index contributed by atoms with van der Waals surface area (Å²) in [6, 6.07) is 10.0. The van der Waals surface area contributed by atoms with Crippen molar-refractivity contribution in [1.29, 1.82) is 0 Å². The van der Waals surface area contributed by atoms with Crippen molar-refractivity contribution in [1.82, 2.24) is 5.32 Å². The zero-order valence-electron chi connectivity index (χ0n) is 10.8. The fourth-order valence-corrected chi connectivity index (χ4v) is 1.96. The van der Waals surface area contributed by atoms with Crippen molar-refractivity contribution in [2.75, 3.05) is 12.8 Å². The predicted octanol–water partition coefficient (Wildman–Crippen LogP) is 2.74. The van der Waals surface area contributed by atoms with E-state index in [1.54, 1.807) is 37.4 Å². The Morgan fingerprint density at radius 3 is 2.42 bits per heavy atom. The maximum Gasteiger partial charge on any atom is 0.251 e. The lowest BCUT2D eigenvalue weighted by molar-refractivity contribution is 0.0963. The highest BCUT2D eigenvalue weighted by atomic mass is 19.1. The van der Waals surface area contributed by atoms with Crippen molar-refractivity contribution >= 4 is 11.6 Å². The second-order valence-electron chi connectivity index (χ2n) is 4.35. The minimum Gasteiger partial charge on any atom is -0.396 e. The number of benzene rings is 2. The van der Waals surface area contributed by atoms with E-state index in [-0.39, 0.29) is 11.6 Å². The van der Waals surface area contributed by atoms with Gasteiger partial charge in [0.15, 0.2) is 0 Å². The highest BCUT2D eigenvalue weighted by Crippen LogP contribution is 2.27. The Balaban J connectivity index is 2.43. The smallest absolute Gasteiger partial charge is 0.251 e. The van der Waals surface area contributed by atoms with Crippen LogP contribution in [0, 0.1) is 12.7 Å². The normalized spacial score (nSPS) is 10.3. The van der Waals surface area contributed by atoms with Crippen molar-refractivity contribution in [2.45, 2.75) is 6.92 Å². The molecule has 0 unspecified atom stereocenters. The molecule has 19 heavy (non-hydrogen) atoms. The Kier molecular flexibility index (Phi) is 3.51. The van der Waals surface area contributed by atoms with Crippen LogP contribution in [0.25, 0.3) is 11.1 Å². The summed E-state index contributed by atoms with van der Waals surface area (Å²) in [6.45, 7) is 1.87. The number of hydrogen-bond donors (Lipinski definition) is 2. The molecule has 1 amide bonds. The number of carbonyl (C=O) groups is 1. The molecule has 0 bridgehead atoms. The molecule has 2 aromatic carbocycles. The third kappa shape index (κ3) is 2.57. The molecule has 2 rings (SSSR count). The van der Waals surface area contributed by atoms with Crippen LogP contribution in [0.3, 0.4) is 0 Å². The van der Waals surface area contributed by atoms with Crippen molar-refractivity contribution in [2.24, 2.45) is 0 Å². The van der Waals surface area contributed by atoms with Gasteiger partial charge in [0.1, 0.15) is 5.82 Å². The Morgan fingerprint density at radius 2 is 1.84 bits per heavy atom. The van der Waals surface area contributed by atoms with Gasteiger partial charge in [-0.1, -0.05) is 12.1 Å². The molecule has 0 saturated carbocycles. The van der Waals surface area contributed by atoms with E-state index in [0.717, 1.165) is 16.7 Å². The topological polar surface area (TPSA) is 55.1 Å².